The van der Waals surface area contributed by atoms with E-state index in [1.807, 2.05) is 26.8 Å². The Labute approximate surface area is 142 Å². The van der Waals surface area contributed by atoms with Crippen molar-refractivity contribution in [3.8, 4) is 0 Å². The number of thiophene rings is 1. The molecule has 0 bridgehead atoms. The van der Waals surface area contributed by atoms with E-state index < -0.39 is 15.4 Å². The summed E-state index contributed by atoms with van der Waals surface area (Å²) in [5.74, 6) is 0.00252. The maximum Gasteiger partial charge on any atom is 0.252 e. The zero-order chi connectivity index (χ0) is 17.1. The number of amides is 1. The van der Waals surface area contributed by atoms with Crippen LogP contribution in [0.25, 0.3) is 0 Å². The van der Waals surface area contributed by atoms with Crippen molar-refractivity contribution in [2.75, 3.05) is 32.7 Å². The van der Waals surface area contributed by atoms with Crippen LogP contribution in [0.4, 0.5) is 0 Å². The predicted octanol–water partition coefficient (Wildman–Crippen LogP) is 1.05. The first kappa shape index (κ1) is 18.4. The Bertz CT molecular complexity index is 641. The lowest BCUT2D eigenvalue weighted by atomic mass is 9.96. The lowest BCUT2D eigenvalue weighted by Crippen LogP contribution is -2.46. The highest BCUT2D eigenvalue weighted by Crippen LogP contribution is 2.25. The van der Waals surface area contributed by atoms with Gasteiger partial charge in [0.2, 0.25) is 5.91 Å². The van der Waals surface area contributed by atoms with Crippen LogP contribution in [0.15, 0.2) is 16.3 Å². The molecule has 130 valence electrons. The summed E-state index contributed by atoms with van der Waals surface area (Å²) in [5.41, 5.74) is -0.410. The molecule has 1 amide bonds. The molecule has 0 atom stereocenters. The lowest BCUT2D eigenvalue weighted by molar-refractivity contribution is -0.128. The zero-order valence-corrected chi connectivity index (χ0v) is 15.5. The van der Waals surface area contributed by atoms with Crippen LogP contribution in [0.5, 0.6) is 0 Å². The zero-order valence-electron chi connectivity index (χ0n) is 13.9. The van der Waals surface area contributed by atoms with Crippen LogP contribution >= 0.6 is 11.3 Å². The van der Waals surface area contributed by atoms with Gasteiger partial charge in [0.1, 0.15) is 4.21 Å². The summed E-state index contributed by atoms with van der Waals surface area (Å²) >= 11 is 1.29. The van der Waals surface area contributed by atoms with Crippen LogP contribution < -0.4 is 10.6 Å². The third-order valence-corrected chi connectivity index (χ3v) is 7.16. The summed E-state index contributed by atoms with van der Waals surface area (Å²) in [6.45, 7) is 8.52. The maximum atomic E-state index is 12.6. The van der Waals surface area contributed by atoms with E-state index in [4.69, 9.17) is 0 Å². The van der Waals surface area contributed by atoms with Gasteiger partial charge in [0.15, 0.2) is 0 Å². The van der Waals surface area contributed by atoms with Gasteiger partial charge in [0.25, 0.3) is 10.0 Å². The van der Waals surface area contributed by atoms with Crippen molar-refractivity contribution in [1.29, 1.82) is 0 Å². The van der Waals surface area contributed by atoms with Crippen LogP contribution in [0.1, 0.15) is 25.6 Å². The highest BCUT2D eigenvalue weighted by Gasteiger charge is 2.27. The fourth-order valence-electron chi connectivity index (χ4n) is 2.21. The average Bonchev–Trinajstić information content (AvgIpc) is 2.96. The number of piperazine rings is 1. The molecule has 2 heterocycles. The molecule has 0 unspecified atom stereocenters. The van der Waals surface area contributed by atoms with Crippen molar-refractivity contribution < 1.29 is 13.2 Å². The molecule has 0 aliphatic carbocycles. The number of sulfonamides is 1. The van der Waals surface area contributed by atoms with Gasteiger partial charge in [-0.3, -0.25) is 4.79 Å². The number of carbonyl (C=O) groups excluding carboxylic acids is 1. The number of rotatable bonds is 5. The Morgan fingerprint density at radius 1 is 1.30 bits per heavy atom. The fraction of sp³-hybridized carbons (Fsp3) is 0.667. The third kappa shape index (κ3) is 4.76. The topological polar surface area (TPSA) is 78.5 Å². The molecule has 1 saturated heterocycles. The van der Waals surface area contributed by atoms with Gasteiger partial charge in [-0.25, -0.2) is 8.42 Å². The normalized spacial score (nSPS) is 17.2. The Morgan fingerprint density at radius 3 is 2.57 bits per heavy atom. The summed E-state index contributed by atoms with van der Waals surface area (Å²) in [5, 5.41) is 6.03. The van der Waals surface area contributed by atoms with Crippen LogP contribution in [-0.2, 0) is 21.2 Å². The third-order valence-electron chi connectivity index (χ3n) is 3.65. The van der Waals surface area contributed by atoms with E-state index in [9.17, 15) is 13.2 Å². The average molecular weight is 360 g/mol. The van der Waals surface area contributed by atoms with Crippen molar-refractivity contribution in [1.82, 2.24) is 14.9 Å². The van der Waals surface area contributed by atoms with E-state index in [1.54, 1.807) is 6.07 Å². The Kier molecular flexibility index (Phi) is 5.83. The first-order valence-corrected chi connectivity index (χ1v) is 10.0. The fourth-order valence-corrected chi connectivity index (χ4v) is 5.16. The molecule has 8 heteroatoms. The summed E-state index contributed by atoms with van der Waals surface area (Å²) in [6, 6.07) is 3.51. The minimum absolute atomic E-state index is 0.00252. The molecule has 2 rings (SSSR count). The van der Waals surface area contributed by atoms with Gasteiger partial charge in [-0.05, 0) is 18.6 Å². The summed E-state index contributed by atoms with van der Waals surface area (Å²) in [6.07, 6.45) is 0.642. The summed E-state index contributed by atoms with van der Waals surface area (Å²) in [7, 11) is -3.38. The van der Waals surface area contributed by atoms with Crippen molar-refractivity contribution in [3.63, 3.8) is 0 Å². The van der Waals surface area contributed by atoms with Gasteiger partial charge in [-0.15, -0.1) is 11.3 Å². The molecule has 0 saturated carbocycles. The number of carbonyl (C=O) groups is 1. The summed E-state index contributed by atoms with van der Waals surface area (Å²) in [4.78, 5) is 12.8. The van der Waals surface area contributed by atoms with Crippen LogP contribution in [0.2, 0.25) is 0 Å². The van der Waals surface area contributed by atoms with Crippen LogP contribution in [-0.4, -0.2) is 51.4 Å². The highest BCUT2D eigenvalue weighted by atomic mass is 32.2. The smallest absolute Gasteiger partial charge is 0.252 e. The quantitative estimate of drug-likeness (QED) is 0.824. The van der Waals surface area contributed by atoms with Gasteiger partial charge in [0.05, 0.1) is 0 Å². The van der Waals surface area contributed by atoms with Gasteiger partial charge >= 0.3 is 0 Å². The Morgan fingerprint density at radius 2 is 1.96 bits per heavy atom. The van der Waals surface area contributed by atoms with Gasteiger partial charge < -0.3 is 10.6 Å². The largest absolute Gasteiger partial charge is 0.355 e. The molecule has 1 aromatic rings. The second-order valence-corrected chi connectivity index (χ2v) is 9.96. The molecule has 23 heavy (non-hydrogen) atoms. The number of hydrogen-bond acceptors (Lipinski definition) is 5. The Hall–Kier alpha value is -0.960. The second kappa shape index (κ2) is 7.29. The molecule has 0 spiro atoms. The standard InChI is InChI=1S/C15H25N3O3S2/c1-15(2,3)14(19)17-7-6-12-4-5-13(22-12)23(20,21)18-10-8-16-9-11-18/h4-5,16H,6-11H2,1-3H3,(H,17,19). The van der Waals surface area contributed by atoms with Crippen LogP contribution in [0.3, 0.4) is 0 Å². The molecule has 1 aliphatic rings. The molecule has 6 nitrogen and oxygen atoms in total. The van der Waals surface area contributed by atoms with E-state index in [0.717, 1.165) is 4.88 Å². The van der Waals surface area contributed by atoms with E-state index in [0.29, 0.717) is 43.4 Å². The molecule has 1 aliphatic heterocycles. The molecule has 1 fully saturated rings. The van der Waals surface area contributed by atoms with Crippen molar-refractivity contribution >= 4 is 27.3 Å². The van der Waals surface area contributed by atoms with E-state index in [1.165, 1.54) is 15.6 Å². The minimum atomic E-state index is -3.38. The molecular weight excluding hydrogens is 334 g/mol. The van der Waals surface area contributed by atoms with E-state index >= 15 is 0 Å². The molecule has 2 N–H and O–H groups in total. The first-order chi connectivity index (χ1) is 10.7. The predicted molar refractivity (Wildman–Crippen MR) is 92.1 cm³/mol. The number of nitrogens with zero attached hydrogens (tertiary/aromatic N) is 1. The molecule has 0 aromatic carbocycles. The highest BCUT2D eigenvalue weighted by molar-refractivity contribution is 7.91. The molecule has 1 aromatic heterocycles. The van der Waals surface area contributed by atoms with Gasteiger partial charge in [-0.2, -0.15) is 4.31 Å². The van der Waals surface area contributed by atoms with Crippen molar-refractivity contribution in [2.45, 2.75) is 31.4 Å². The maximum absolute atomic E-state index is 12.6. The van der Waals surface area contributed by atoms with Crippen molar-refractivity contribution in [3.05, 3.63) is 17.0 Å². The first-order valence-electron chi connectivity index (χ1n) is 7.79. The minimum Gasteiger partial charge on any atom is -0.355 e. The van der Waals surface area contributed by atoms with Gasteiger partial charge in [0, 0.05) is 43.0 Å². The lowest BCUT2D eigenvalue weighted by Gasteiger charge is -2.25. The number of hydrogen-bond donors (Lipinski definition) is 2. The van der Waals surface area contributed by atoms with E-state index in [2.05, 4.69) is 10.6 Å². The molecule has 0 radical (unpaired) electrons. The van der Waals surface area contributed by atoms with E-state index in [-0.39, 0.29) is 5.91 Å². The SMILES string of the molecule is CC(C)(C)C(=O)NCCc1ccc(S(=O)(=O)N2CCNCC2)s1. The monoisotopic (exact) mass is 359 g/mol. The second-order valence-electron chi connectivity index (χ2n) is 6.63. The number of nitrogens with one attached hydrogen (secondary N) is 2. The van der Waals surface area contributed by atoms with Crippen LogP contribution in [0, 0.1) is 5.41 Å². The van der Waals surface area contributed by atoms with Gasteiger partial charge in [-0.1, -0.05) is 20.8 Å². The van der Waals surface area contributed by atoms with Crippen molar-refractivity contribution in [2.24, 2.45) is 5.41 Å². The summed E-state index contributed by atoms with van der Waals surface area (Å²) < 4.78 is 27.0. The Balaban J connectivity index is 1.94. The molecular formula is C15H25N3O3S2.